The van der Waals surface area contributed by atoms with E-state index in [0.717, 1.165) is 6.04 Å². The predicted octanol–water partition coefficient (Wildman–Crippen LogP) is 2.88. The van der Waals surface area contributed by atoms with Crippen LogP contribution in [-0.4, -0.2) is 35.7 Å². The van der Waals surface area contributed by atoms with Gasteiger partial charge in [-0.15, -0.1) is 0 Å². The normalized spacial score (nSPS) is 28.7. The van der Waals surface area contributed by atoms with Crippen LogP contribution in [0.25, 0.3) is 0 Å². The fourth-order valence-corrected chi connectivity index (χ4v) is 3.58. The first-order chi connectivity index (χ1) is 8.86. The van der Waals surface area contributed by atoms with Gasteiger partial charge < -0.3 is 4.90 Å². The van der Waals surface area contributed by atoms with Crippen molar-refractivity contribution in [2.45, 2.75) is 50.7 Å². The van der Waals surface area contributed by atoms with Gasteiger partial charge in [-0.25, -0.2) is 0 Å². The van der Waals surface area contributed by atoms with Crippen molar-refractivity contribution >= 4 is 5.69 Å². The lowest BCUT2D eigenvalue weighted by atomic mass is 9.91. The molecule has 3 heterocycles. The molecule has 0 N–H and O–H groups in total. The summed E-state index contributed by atoms with van der Waals surface area (Å²) in [4.78, 5) is 9.40. The molecule has 0 aliphatic carbocycles. The minimum Gasteiger partial charge on any atom is -0.358 e. The van der Waals surface area contributed by atoms with E-state index in [9.17, 15) is 0 Å². The molecule has 2 aliphatic rings. The van der Waals surface area contributed by atoms with E-state index in [1.807, 2.05) is 18.5 Å². The molecule has 2 unspecified atom stereocenters. The topological polar surface area (TPSA) is 19.4 Å². The zero-order valence-electron chi connectivity index (χ0n) is 11.3. The summed E-state index contributed by atoms with van der Waals surface area (Å²) in [6.45, 7) is 1.28. The van der Waals surface area contributed by atoms with Crippen molar-refractivity contribution < 1.29 is 0 Å². The zero-order valence-corrected chi connectivity index (χ0v) is 11.3. The van der Waals surface area contributed by atoms with Gasteiger partial charge in [0.25, 0.3) is 0 Å². The van der Waals surface area contributed by atoms with Crippen molar-refractivity contribution in [3.8, 4) is 0 Å². The Balaban J connectivity index is 1.77. The molecule has 0 amide bonds. The smallest absolute Gasteiger partial charge is 0.0820 e. The van der Waals surface area contributed by atoms with Gasteiger partial charge in [-0.1, -0.05) is 6.42 Å². The fourth-order valence-electron chi connectivity index (χ4n) is 3.58. The van der Waals surface area contributed by atoms with Crippen LogP contribution in [0.5, 0.6) is 0 Å². The maximum absolute atomic E-state index is 4.24. The number of piperidine rings is 2. The lowest BCUT2D eigenvalue weighted by Gasteiger charge is -2.48. The third kappa shape index (κ3) is 2.24. The van der Waals surface area contributed by atoms with Crippen LogP contribution in [0.4, 0.5) is 5.69 Å². The second kappa shape index (κ2) is 5.27. The van der Waals surface area contributed by atoms with Gasteiger partial charge in [-0.2, -0.15) is 0 Å². The molecular formula is C15H23N3. The van der Waals surface area contributed by atoms with Crippen molar-refractivity contribution in [1.29, 1.82) is 0 Å². The molecule has 98 valence electrons. The number of rotatable bonds is 2. The fraction of sp³-hybridized carbons (Fsp3) is 0.667. The van der Waals surface area contributed by atoms with Gasteiger partial charge in [0.15, 0.2) is 0 Å². The van der Waals surface area contributed by atoms with E-state index in [1.165, 1.54) is 50.8 Å². The van der Waals surface area contributed by atoms with Crippen LogP contribution in [0.2, 0.25) is 0 Å². The number of fused-ring (bicyclic) bond motifs is 1. The summed E-state index contributed by atoms with van der Waals surface area (Å²) in [5, 5.41) is 0. The Hall–Kier alpha value is -1.09. The molecular weight excluding hydrogens is 222 g/mol. The maximum atomic E-state index is 4.24. The molecule has 18 heavy (non-hydrogen) atoms. The van der Waals surface area contributed by atoms with Crippen LogP contribution in [0.15, 0.2) is 24.5 Å². The molecule has 0 aromatic carbocycles. The lowest BCUT2D eigenvalue weighted by molar-refractivity contribution is 0.0529. The standard InChI is InChI=1S/C15H23N3/c1-17(14-8-5-10-16-12-14)15-9-4-7-13-6-2-3-11-18(13)15/h5,8,10,12-13,15H,2-4,6-7,9,11H2,1H3. The van der Waals surface area contributed by atoms with E-state index < -0.39 is 0 Å². The highest BCUT2D eigenvalue weighted by Gasteiger charge is 2.34. The summed E-state index contributed by atoms with van der Waals surface area (Å²) in [7, 11) is 2.22. The van der Waals surface area contributed by atoms with Crippen LogP contribution < -0.4 is 4.90 Å². The van der Waals surface area contributed by atoms with Crippen LogP contribution in [0, 0.1) is 0 Å². The molecule has 2 aliphatic heterocycles. The first-order valence-corrected chi connectivity index (χ1v) is 7.25. The van der Waals surface area contributed by atoms with Gasteiger partial charge in [0.05, 0.1) is 18.1 Å². The largest absolute Gasteiger partial charge is 0.358 e. The van der Waals surface area contributed by atoms with E-state index in [2.05, 4.69) is 27.9 Å². The minimum atomic E-state index is 0.577. The molecule has 0 bridgehead atoms. The van der Waals surface area contributed by atoms with E-state index in [-0.39, 0.29) is 0 Å². The summed E-state index contributed by atoms with van der Waals surface area (Å²) in [6.07, 6.45) is 12.7. The molecule has 2 fully saturated rings. The third-order valence-electron chi connectivity index (χ3n) is 4.56. The molecule has 1 aromatic heterocycles. The van der Waals surface area contributed by atoms with Crippen LogP contribution in [0.3, 0.4) is 0 Å². The van der Waals surface area contributed by atoms with Crippen molar-refractivity contribution in [1.82, 2.24) is 9.88 Å². The molecule has 1 aromatic rings. The highest BCUT2D eigenvalue weighted by molar-refractivity contribution is 5.43. The van der Waals surface area contributed by atoms with Gasteiger partial charge in [-0.05, 0) is 44.2 Å². The predicted molar refractivity (Wildman–Crippen MR) is 74.6 cm³/mol. The van der Waals surface area contributed by atoms with E-state index in [0.29, 0.717) is 6.17 Å². The van der Waals surface area contributed by atoms with Crippen LogP contribution in [-0.2, 0) is 0 Å². The monoisotopic (exact) mass is 245 g/mol. The van der Waals surface area contributed by atoms with Gasteiger partial charge in [-0.3, -0.25) is 9.88 Å². The minimum absolute atomic E-state index is 0.577. The Bertz CT molecular complexity index is 377. The van der Waals surface area contributed by atoms with Gasteiger partial charge in [0.1, 0.15) is 0 Å². The molecule has 0 radical (unpaired) electrons. The molecule has 3 rings (SSSR count). The number of anilines is 1. The second-order valence-corrected chi connectivity index (χ2v) is 5.62. The lowest BCUT2D eigenvalue weighted by Crippen LogP contribution is -2.55. The number of hydrogen-bond acceptors (Lipinski definition) is 3. The summed E-state index contributed by atoms with van der Waals surface area (Å²) in [5.41, 5.74) is 1.24. The van der Waals surface area contributed by atoms with E-state index in [1.54, 1.807) is 0 Å². The van der Waals surface area contributed by atoms with Crippen LogP contribution >= 0.6 is 0 Å². The first-order valence-electron chi connectivity index (χ1n) is 7.25. The van der Waals surface area contributed by atoms with E-state index >= 15 is 0 Å². The summed E-state index contributed by atoms with van der Waals surface area (Å²) >= 11 is 0. The SMILES string of the molecule is CN(c1cccnc1)C1CCCC2CCCCN21. The van der Waals surface area contributed by atoms with Crippen molar-refractivity contribution in [2.24, 2.45) is 0 Å². The van der Waals surface area contributed by atoms with Crippen molar-refractivity contribution in [2.75, 3.05) is 18.5 Å². The van der Waals surface area contributed by atoms with Crippen molar-refractivity contribution in [3.05, 3.63) is 24.5 Å². The molecule has 2 atom stereocenters. The quantitative estimate of drug-likeness (QED) is 0.798. The highest BCUT2D eigenvalue weighted by atomic mass is 15.4. The Kier molecular flexibility index (Phi) is 3.50. The van der Waals surface area contributed by atoms with Crippen molar-refractivity contribution in [3.63, 3.8) is 0 Å². The molecule has 3 heteroatoms. The van der Waals surface area contributed by atoms with Crippen LogP contribution in [0.1, 0.15) is 38.5 Å². The first kappa shape index (κ1) is 12.0. The van der Waals surface area contributed by atoms with Gasteiger partial charge >= 0.3 is 0 Å². The Morgan fingerprint density at radius 3 is 2.94 bits per heavy atom. The molecule has 2 saturated heterocycles. The molecule has 0 saturated carbocycles. The zero-order chi connectivity index (χ0) is 12.4. The average molecular weight is 245 g/mol. The number of nitrogens with zero attached hydrogens (tertiary/aromatic N) is 3. The van der Waals surface area contributed by atoms with E-state index in [4.69, 9.17) is 0 Å². The maximum Gasteiger partial charge on any atom is 0.0820 e. The Morgan fingerprint density at radius 1 is 1.22 bits per heavy atom. The number of hydrogen-bond donors (Lipinski definition) is 0. The Labute approximate surface area is 110 Å². The molecule has 3 nitrogen and oxygen atoms in total. The number of pyridine rings is 1. The third-order valence-corrected chi connectivity index (χ3v) is 4.56. The highest BCUT2D eigenvalue weighted by Crippen LogP contribution is 2.32. The molecule has 0 spiro atoms. The van der Waals surface area contributed by atoms with Gasteiger partial charge in [0, 0.05) is 25.8 Å². The average Bonchev–Trinajstić information content (AvgIpc) is 2.47. The summed E-state index contributed by atoms with van der Waals surface area (Å²) < 4.78 is 0. The number of aromatic nitrogens is 1. The second-order valence-electron chi connectivity index (χ2n) is 5.62. The summed E-state index contributed by atoms with van der Waals surface area (Å²) in [5.74, 6) is 0. The summed E-state index contributed by atoms with van der Waals surface area (Å²) in [6, 6.07) is 5.03. The Morgan fingerprint density at radius 2 is 2.11 bits per heavy atom. The van der Waals surface area contributed by atoms with Gasteiger partial charge in [0.2, 0.25) is 0 Å².